The van der Waals surface area contributed by atoms with Gasteiger partial charge in [0, 0.05) is 10.9 Å². The van der Waals surface area contributed by atoms with Gasteiger partial charge in [0.1, 0.15) is 17.1 Å². The Labute approximate surface area is 142 Å². The fourth-order valence-electron chi connectivity index (χ4n) is 2.29. The summed E-state index contributed by atoms with van der Waals surface area (Å²) in [6.45, 7) is 1.44. The normalized spacial score (nSPS) is 10.5. The second kappa shape index (κ2) is 7.04. The van der Waals surface area contributed by atoms with Crippen LogP contribution >= 0.6 is 0 Å². The molecule has 0 saturated heterocycles. The first-order valence-electron chi connectivity index (χ1n) is 7.50. The zero-order chi connectivity index (χ0) is 17.8. The van der Waals surface area contributed by atoms with E-state index in [9.17, 15) is 14.0 Å². The summed E-state index contributed by atoms with van der Waals surface area (Å²) in [6, 6.07) is 12.5. The highest BCUT2D eigenvalue weighted by molar-refractivity contribution is 5.99. The zero-order valence-corrected chi connectivity index (χ0v) is 13.3. The maximum absolute atomic E-state index is 12.8. The molecule has 2 amide bonds. The number of hydrazine groups is 1. The van der Waals surface area contributed by atoms with Gasteiger partial charge in [0.05, 0.1) is 0 Å². The molecule has 0 aliphatic rings. The Balaban J connectivity index is 1.55. The van der Waals surface area contributed by atoms with Crippen LogP contribution in [-0.2, 0) is 4.79 Å². The third-order valence-corrected chi connectivity index (χ3v) is 3.55. The summed E-state index contributed by atoms with van der Waals surface area (Å²) in [5.74, 6) is -1.06. The Kier molecular flexibility index (Phi) is 4.65. The molecule has 3 aromatic rings. The first-order valence-corrected chi connectivity index (χ1v) is 7.50. The predicted octanol–water partition coefficient (Wildman–Crippen LogP) is 2.72. The number of ether oxygens (including phenoxy) is 1. The molecule has 1 aromatic heterocycles. The number of aryl methyl sites for hydroxylation is 1. The summed E-state index contributed by atoms with van der Waals surface area (Å²) < 4.78 is 23.5. The zero-order valence-electron chi connectivity index (χ0n) is 13.3. The highest BCUT2D eigenvalue weighted by Gasteiger charge is 2.17. The Bertz CT molecular complexity index is 918. The Morgan fingerprint density at radius 3 is 2.52 bits per heavy atom. The van der Waals surface area contributed by atoms with Crippen molar-refractivity contribution in [2.75, 3.05) is 6.61 Å². The van der Waals surface area contributed by atoms with E-state index in [4.69, 9.17) is 9.15 Å². The van der Waals surface area contributed by atoms with Crippen molar-refractivity contribution in [3.8, 4) is 5.75 Å². The van der Waals surface area contributed by atoms with Crippen molar-refractivity contribution in [1.82, 2.24) is 10.9 Å². The number of para-hydroxylation sites is 1. The molecule has 0 unspecified atom stereocenters. The highest BCUT2D eigenvalue weighted by Crippen LogP contribution is 2.24. The van der Waals surface area contributed by atoms with E-state index < -0.39 is 17.6 Å². The van der Waals surface area contributed by atoms with Crippen molar-refractivity contribution in [3.63, 3.8) is 0 Å². The summed E-state index contributed by atoms with van der Waals surface area (Å²) in [5, 5.41) is 0.832. The highest BCUT2D eigenvalue weighted by atomic mass is 19.1. The summed E-state index contributed by atoms with van der Waals surface area (Å²) in [7, 11) is 0. The van der Waals surface area contributed by atoms with Crippen LogP contribution in [0.5, 0.6) is 5.75 Å². The second-order valence-electron chi connectivity index (χ2n) is 5.30. The molecule has 0 bridgehead atoms. The molecule has 3 rings (SSSR count). The number of nitrogens with one attached hydrogen (secondary N) is 2. The first-order chi connectivity index (χ1) is 12.0. The largest absolute Gasteiger partial charge is 0.484 e. The molecule has 1 heterocycles. The molecule has 0 radical (unpaired) electrons. The number of benzene rings is 2. The van der Waals surface area contributed by atoms with E-state index in [1.54, 1.807) is 13.0 Å². The quantitative estimate of drug-likeness (QED) is 0.715. The summed E-state index contributed by atoms with van der Waals surface area (Å²) in [4.78, 5) is 23.9. The number of fused-ring (bicyclic) bond motifs is 1. The van der Waals surface area contributed by atoms with Gasteiger partial charge in [0.2, 0.25) is 0 Å². The van der Waals surface area contributed by atoms with Crippen LogP contribution in [0.2, 0.25) is 0 Å². The fourth-order valence-corrected chi connectivity index (χ4v) is 2.29. The van der Waals surface area contributed by atoms with E-state index >= 15 is 0 Å². The number of hydrogen-bond acceptors (Lipinski definition) is 4. The molecule has 0 atom stereocenters. The van der Waals surface area contributed by atoms with Gasteiger partial charge in [0.15, 0.2) is 12.4 Å². The smallest absolute Gasteiger partial charge is 0.305 e. The number of carbonyl (C=O) groups excluding carboxylic acids is 2. The SMILES string of the molecule is Cc1c(C(=O)NNC(=O)COc2ccc(F)cc2)oc2ccccc12. The van der Waals surface area contributed by atoms with E-state index in [0.717, 1.165) is 5.39 Å². The minimum absolute atomic E-state index is 0.126. The third kappa shape index (κ3) is 3.77. The number of hydrogen-bond donors (Lipinski definition) is 2. The number of halogens is 1. The lowest BCUT2D eigenvalue weighted by Crippen LogP contribution is -2.43. The van der Waals surface area contributed by atoms with Crippen LogP contribution in [-0.4, -0.2) is 18.4 Å². The lowest BCUT2D eigenvalue weighted by atomic mass is 10.1. The average Bonchev–Trinajstić information content (AvgIpc) is 2.96. The van der Waals surface area contributed by atoms with E-state index in [0.29, 0.717) is 16.9 Å². The molecule has 0 spiro atoms. The Morgan fingerprint density at radius 2 is 1.80 bits per heavy atom. The van der Waals surface area contributed by atoms with Gasteiger partial charge in [-0.05, 0) is 37.3 Å². The Hall–Kier alpha value is -3.35. The molecule has 2 aromatic carbocycles. The van der Waals surface area contributed by atoms with Gasteiger partial charge >= 0.3 is 5.91 Å². The lowest BCUT2D eigenvalue weighted by molar-refractivity contribution is -0.123. The van der Waals surface area contributed by atoms with Crippen LogP contribution in [0, 0.1) is 12.7 Å². The van der Waals surface area contributed by atoms with Crippen molar-refractivity contribution in [2.45, 2.75) is 6.92 Å². The van der Waals surface area contributed by atoms with Crippen LogP contribution < -0.4 is 15.6 Å². The molecule has 0 aliphatic carbocycles. The van der Waals surface area contributed by atoms with Crippen molar-refractivity contribution < 1.29 is 23.1 Å². The molecular weight excluding hydrogens is 327 g/mol. The molecule has 6 nitrogen and oxygen atoms in total. The number of amides is 2. The summed E-state index contributed by atoms with van der Waals surface area (Å²) in [6.07, 6.45) is 0. The maximum Gasteiger partial charge on any atom is 0.305 e. The van der Waals surface area contributed by atoms with Gasteiger partial charge < -0.3 is 9.15 Å². The Morgan fingerprint density at radius 1 is 1.08 bits per heavy atom. The van der Waals surface area contributed by atoms with Gasteiger partial charge in [0.25, 0.3) is 5.91 Å². The van der Waals surface area contributed by atoms with Crippen LogP contribution in [0.4, 0.5) is 4.39 Å². The molecule has 25 heavy (non-hydrogen) atoms. The molecule has 2 N–H and O–H groups in total. The van der Waals surface area contributed by atoms with Gasteiger partial charge in [-0.1, -0.05) is 18.2 Å². The van der Waals surface area contributed by atoms with E-state index in [2.05, 4.69) is 10.9 Å². The standard InChI is InChI=1S/C18H15FN2O4/c1-11-14-4-2-3-5-15(14)25-17(11)18(23)21-20-16(22)10-24-13-8-6-12(19)7-9-13/h2-9H,10H2,1H3,(H,20,22)(H,21,23). The van der Waals surface area contributed by atoms with Crippen LogP contribution in [0.25, 0.3) is 11.0 Å². The number of carbonyl (C=O) groups is 2. The monoisotopic (exact) mass is 342 g/mol. The van der Waals surface area contributed by atoms with E-state index in [-0.39, 0.29) is 12.4 Å². The van der Waals surface area contributed by atoms with Gasteiger partial charge in [-0.3, -0.25) is 20.4 Å². The van der Waals surface area contributed by atoms with Crippen molar-refractivity contribution >= 4 is 22.8 Å². The first kappa shape index (κ1) is 16.5. The van der Waals surface area contributed by atoms with Crippen molar-refractivity contribution in [3.05, 3.63) is 65.7 Å². The van der Waals surface area contributed by atoms with Crippen LogP contribution in [0.3, 0.4) is 0 Å². The minimum atomic E-state index is -0.566. The average molecular weight is 342 g/mol. The molecule has 0 aliphatic heterocycles. The maximum atomic E-state index is 12.8. The minimum Gasteiger partial charge on any atom is -0.484 e. The van der Waals surface area contributed by atoms with E-state index in [1.165, 1.54) is 24.3 Å². The topological polar surface area (TPSA) is 80.6 Å². The van der Waals surface area contributed by atoms with Gasteiger partial charge in [-0.2, -0.15) is 0 Å². The molecule has 128 valence electrons. The number of furan rings is 1. The fraction of sp³-hybridized carbons (Fsp3) is 0.111. The molecule has 0 fully saturated rings. The third-order valence-electron chi connectivity index (χ3n) is 3.55. The second-order valence-corrected chi connectivity index (χ2v) is 5.30. The van der Waals surface area contributed by atoms with Gasteiger partial charge in [-0.25, -0.2) is 4.39 Å². The summed E-state index contributed by atoms with van der Waals surface area (Å²) >= 11 is 0. The molecule has 7 heteroatoms. The van der Waals surface area contributed by atoms with Crippen LogP contribution in [0.15, 0.2) is 52.9 Å². The van der Waals surface area contributed by atoms with Gasteiger partial charge in [-0.15, -0.1) is 0 Å². The lowest BCUT2D eigenvalue weighted by Gasteiger charge is -2.08. The van der Waals surface area contributed by atoms with Crippen molar-refractivity contribution in [2.24, 2.45) is 0 Å². The molecular formula is C18H15FN2O4. The number of rotatable bonds is 4. The predicted molar refractivity (Wildman–Crippen MR) is 88.5 cm³/mol. The van der Waals surface area contributed by atoms with Crippen LogP contribution in [0.1, 0.15) is 16.1 Å². The molecule has 0 saturated carbocycles. The van der Waals surface area contributed by atoms with E-state index in [1.807, 2.05) is 18.2 Å². The summed E-state index contributed by atoms with van der Waals surface area (Å²) in [5.41, 5.74) is 5.79. The van der Waals surface area contributed by atoms with Crippen molar-refractivity contribution in [1.29, 1.82) is 0 Å².